The average Bonchev–Trinajstić information content (AvgIpc) is 2.02. The molecular formula is C10H21N3O. The van der Waals surface area contributed by atoms with Gasteiger partial charge in [0.1, 0.15) is 0 Å². The first-order chi connectivity index (χ1) is 6.58. The summed E-state index contributed by atoms with van der Waals surface area (Å²) in [6.07, 6.45) is 2.64. The van der Waals surface area contributed by atoms with Crippen LogP contribution < -0.4 is 11.1 Å². The van der Waals surface area contributed by atoms with E-state index in [1.165, 1.54) is 0 Å². The first kappa shape index (κ1) is 11.5. The highest BCUT2D eigenvalue weighted by Crippen LogP contribution is 2.23. The first-order valence-corrected chi connectivity index (χ1v) is 5.30. The number of likely N-dealkylation sites (N-methyl/N-ethyl adjacent to an activating group) is 2. The van der Waals surface area contributed by atoms with Crippen LogP contribution in [0.1, 0.15) is 26.2 Å². The highest BCUT2D eigenvalue weighted by atomic mass is 16.1. The maximum absolute atomic E-state index is 11.0. The Balaban J connectivity index is 2.64. The normalized spacial score (nSPS) is 29.0. The van der Waals surface area contributed by atoms with Gasteiger partial charge < -0.3 is 16.0 Å². The van der Waals surface area contributed by atoms with E-state index in [-0.39, 0.29) is 11.4 Å². The van der Waals surface area contributed by atoms with Gasteiger partial charge in [0, 0.05) is 18.5 Å². The maximum atomic E-state index is 11.0. The molecule has 1 aliphatic heterocycles. The molecule has 1 rings (SSSR count). The number of hydrogen-bond acceptors (Lipinski definition) is 3. The Labute approximate surface area is 85.8 Å². The van der Waals surface area contributed by atoms with Crippen LogP contribution >= 0.6 is 0 Å². The largest absolute Gasteiger partial charge is 0.370 e. The standard InChI is InChI=1S/C10H21N3O/c1-3-12-10(7-9(11)14)5-4-6-13(2)8-10/h12H,3-8H2,1-2H3,(H2,11,14). The van der Waals surface area contributed by atoms with E-state index in [1.54, 1.807) is 0 Å². The van der Waals surface area contributed by atoms with Gasteiger partial charge in [-0.3, -0.25) is 4.79 Å². The summed E-state index contributed by atoms with van der Waals surface area (Å²) in [5, 5.41) is 3.42. The Morgan fingerprint density at radius 1 is 1.64 bits per heavy atom. The van der Waals surface area contributed by atoms with Gasteiger partial charge in [-0.2, -0.15) is 0 Å². The molecule has 4 nitrogen and oxygen atoms in total. The lowest BCUT2D eigenvalue weighted by molar-refractivity contribution is -0.120. The van der Waals surface area contributed by atoms with E-state index < -0.39 is 0 Å². The quantitative estimate of drug-likeness (QED) is 0.666. The Kier molecular flexibility index (Phi) is 3.89. The summed E-state index contributed by atoms with van der Waals surface area (Å²) in [4.78, 5) is 13.3. The van der Waals surface area contributed by atoms with Gasteiger partial charge in [0.05, 0.1) is 0 Å². The molecule has 1 fully saturated rings. The number of piperidine rings is 1. The van der Waals surface area contributed by atoms with Gasteiger partial charge in [-0.1, -0.05) is 6.92 Å². The molecule has 0 radical (unpaired) electrons. The minimum Gasteiger partial charge on any atom is -0.370 e. The molecule has 0 aromatic heterocycles. The van der Waals surface area contributed by atoms with Crippen molar-refractivity contribution >= 4 is 5.91 Å². The first-order valence-electron chi connectivity index (χ1n) is 5.30. The summed E-state index contributed by atoms with van der Waals surface area (Å²) >= 11 is 0. The lowest BCUT2D eigenvalue weighted by Crippen LogP contribution is -2.57. The lowest BCUT2D eigenvalue weighted by atomic mass is 9.85. The Morgan fingerprint density at radius 3 is 2.86 bits per heavy atom. The van der Waals surface area contributed by atoms with Crippen molar-refractivity contribution in [2.24, 2.45) is 5.73 Å². The molecule has 1 unspecified atom stereocenters. The SMILES string of the molecule is CCNC1(CC(N)=O)CCCN(C)C1. The number of carbonyl (C=O) groups excluding carboxylic acids is 1. The van der Waals surface area contributed by atoms with E-state index in [4.69, 9.17) is 5.73 Å². The zero-order chi connectivity index (χ0) is 10.6. The Hall–Kier alpha value is -0.610. The van der Waals surface area contributed by atoms with Crippen molar-refractivity contribution in [3.8, 4) is 0 Å². The van der Waals surface area contributed by atoms with E-state index in [0.717, 1.165) is 32.5 Å². The molecule has 14 heavy (non-hydrogen) atoms. The molecule has 0 saturated carbocycles. The molecular weight excluding hydrogens is 178 g/mol. The summed E-state index contributed by atoms with van der Waals surface area (Å²) in [5.41, 5.74) is 5.21. The van der Waals surface area contributed by atoms with Gasteiger partial charge in [-0.25, -0.2) is 0 Å². The fourth-order valence-electron chi connectivity index (χ4n) is 2.42. The molecule has 0 bridgehead atoms. The van der Waals surface area contributed by atoms with Crippen molar-refractivity contribution in [3.05, 3.63) is 0 Å². The van der Waals surface area contributed by atoms with Crippen LogP contribution in [-0.4, -0.2) is 43.0 Å². The zero-order valence-electron chi connectivity index (χ0n) is 9.18. The van der Waals surface area contributed by atoms with Gasteiger partial charge in [0.2, 0.25) is 5.91 Å². The van der Waals surface area contributed by atoms with Crippen molar-refractivity contribution in [1.29, 1.82) is 0 Å². The number of nitrogens with one attached hydrogen (secondary N) is 1. The van der Waals surface area contributed by atoms with Crippen LogP contribution in [0.25, 0.3) is 0 Å². The molecule has 1 saturated heterocycles. The molecule has 0 aliphatic carbocycles. The molecule has 82 valence electrons. The van der Waals surface area contributed by atoms with Crippen molar-refractivity contribution in [2.45, 2.75) is 31.7 Å². The second-order valence-electron chi connectivity index (χ2n) is 4.30. The van der Waals surface area contributed by atoms with E-state index in [2.05, 4.69) is 24.2 Å². The van der Waals surface area contributed by atoms with Crippen LogP contribution in [-0.2, 0) is 4.79 Å². The summed E-state index contributed by atoms with van der Waals surface area (Å²) in [6.45, 7) is 4.99. The number of rotatable bonds is 4. The number of carbonyl (C=O) groups is 1. The maximum Gasteiger partial charge on any atom is 0.219 e. The predicted molar refractivity (Wildman–Crippen MR) is 57.0 cm³/mol. The Morgan fingerprint density at radius 2 is 2.36 bits per heavy atom. The van der Waals surface area contributed by atoms with E-state index >= 15 is 0 Å². The predicted octanol–water partition coefficient (Wildman–Crippen LogP) is -0.0643. The van der Waals surface area contributed by atoms with Gasteiger partial charge in [0.25, 0.3) is 0 Å². The summed E-state index contributed by atoms with van der Waals surface area (Å²) < 4.78 is 0. The van der Waals surface area contributed by atoms with Gasteiger partial charge >= 0.3 is 0 Å². The summed E-state index contributed by atoms with van der Waals surface area (Å²) in [7, 11) is 2.09. The number of likely N-dealkylation sites (tertiary alicyclic amines) is 1. The highest BCUT2D eigenvalue weighted by molar-refractivity contribution is 5.75. The second kappa shape index (κ2) is 4.75. The van der Waals surface area contributed by atoms with Crippen LogP contribution in [0.3, 0.4) is 0 Å². The molecule has 0 spiro atoms. The number of amides is 1. The van der Waals surface area contributed by atoms with Crippen LogP contribution in [0.2, 0.25) is 0 Å². The third kappa shape index (κ3) is 2.96. The minimum absolute atomic E-state index is 0.0758. The van der Waals surface area contributed by atoms with Crippen LogP contribution in [0.15, 0.2) is 0 Å². The Bertz CT molecular complexity index is 204. The van der Waals surface area contributed by atoms with Crippen molar-refractivity contribution in [2.75, 3.05) is 26.7 Å². The fourth-order valence-corrected chi connectivity index (χ4v) is 2.42. The average molecular weight is 199 g/mol. The third-order valence-electron chi connectivity index (χ3n) is 2.83. The fraction of sp³-hybridized carbons (Fsp3) is 0.900. The van der Waals surface area contributed by atoms with Crippen molar-refractivity contribution < 1.29 is 4.79 Å². The molecule has 1 amide bonds. The number of hydrogen-bond donors (Lipinski definition) is 2. The van der Waals surface area contributed by atoms with E-state index in [0.29, 0.717) is 6.42 Å². The third-order valence-corrected chi connectivity index (χ3v) is 2.83. The van der Waals surface area contributed by atoms with Gasteiger partial charge in [0.15, 0.2) is 0 Å². The van der Waals surface area contributed by atoms with E-state index in [9.17, 15) is 4.79 Å². The molecule has 1 aliphatic rings. The molecule has 1 atom stereocenters. The lowest BCUT2D eigenvalue weighted by Gasteiger charge is -2.41. The number of primary amides is 1. The van der Waals surface area contributed by atoms with Gasteiger partial charge in [-0.05, 0) is 33.0 Å². The molecule has 1 heterocycles. The van der Waals surface area contributed by atoms with Crippen LogP contribution in [0, 0.1) is 0 Å². The summed E-state index contributed by atoms with van der Waals surface area (Å²) in [5.74, 6) is -0.207. The summed E-state index contributed by atoms with van der Waals surface area (Å²) in [6, 6.07) is 0. The molecule has 0 aromatic rings. The number of nitrogens with zero attached hydrogens (tertiary/aromatic N) is 1. The zero-order valence-corrected chi connectivity index (χ0v) is 9.18. The molecule has 0 aromatic carbocycles. The minimum atomic E-state index is -0.207. The molecule has 4 heteroatoms. The van der Waals surface area contributed by atoms with Crippen molar-refractivity contribution in [1.82, 2.24) is 10.2 Å². The van der Waals surface area contributed by atoms with Crippen LogP contribution in [0.4, 0.5) is 0 Å². The monoisotopic (exact) mass is 199 g/mol. The topological polar surface area (TPSA) is 58.4 Å². The van der Waals surface area contributed by atoms with Crippen molar-refractivity contribution in [3.63, 3.8) is 0 Å². The van der Waals surface area contributed by atoms with Crippen LogP contribution in [0.5, 0.6) is 0 Å². The molecule has 3 N–H and O–H groups in total. The highest BCUT2D eigenvalue weighted by Gasteiger charge is 2.34. The van der Waals surface area contributed by atoms with Gasteiger partial charge in [-0.15, -0.1) is 0 Å². The number of nitrogens with two attached hydrogens (primary N) is 1. The second-order valence-corrected chi connectivity index (χ2v) is 4.30. The van der Waals surface area contributed by atoms with E-state index in [1.807, 2.05) is 0 Å². The smallest absolute Gasteiger partial charge is 0.219 e.